The van der Waals surface area contributed by atoms with Gasteiger partial charge in [0, 0.05) is 0 Å². The number of rotatable bonds is 6. The van der Waals surface area contributed by atoms with E-state index in [1.54, 1.807) is 12.1 Å². The minimum absolute atomic E-state index is 0.606. The molecule has 0 radical (unpaired) electrons. The zero-order valence-electron chi connectivity index (χ0n) is 11.0. The molecule has 0 heterocycles. The van der Waals surface area contributed by atoms with Crippen LogP contribution in [0.25, 0.3) is 0 Å². The Bertz CT molecular complexity index is 244. The molecule has 0 atom stereocenters. The second-order valence-electron chi connectivity index (χ2n) is 4.18. The summed E-state index contributed by atoms with van der Waals surface area (Å²) in [7, 11) is 0. The van der Waals surface area contributed by atoms with Crippen molar-refractivity contribution in [2.45, 2.75) is 58.8 Å². The molecule has 0 unspecified atom stereocenters. The lowest BCUT2D eigenvalue weighted by Gasteiger charge is -1.96. The lowest BCUT2D eigenvalue weighted by molar-refractivity contribution is 0.602. The van der Waals surface area contributed by atoms with Gasteiger partial charge in [0.25, 0.3) is 0 Å². The molecule has 1 aromatic rings. The molecule has 0 N–H and O–H groups in total. The van der Waals surface area contributed by atoms with Crippen LogP contribution in [0.3, 0.4) is 0 Å². The highest BCUT2D eigenvalue weighted by molar-refractivity contribution is 6.41. The zero-order chi connectivity index (χ0) is 12.9. The van der Waals surface area contributed by atoms with Gasteiger partial charge in [-0.15, -0.1) is 0 Å². The maximum absolute atomic E-state index is 5.58. The van der Waals surface area contributed by atoms with Gasteiger partial charge in [0.05, 0.1) is 10.0 Å². The zero-order valence-corrected chi connectivity index (χ0v) is 12.5. The van der Waals surface area contributed by atoms with Crippen LogP contribution in [0, 0.1) is 0 Å². The molecule has 0 nitrogen and oxygen atoms in total. The van der Waals surface area contributed by atoms with Crippen LogP contribution in [0.15, 0.2) is 24.3 Å². The van der Waals surface area contributed by atoms with E-state index in [9.17, 15) is 0 Å². The Labute approximate surface area is 116 Å². The van der Waals surface area contributed by atoms with Crippen molar-refractivity contribution in [1.82, 2.24) is 0 Å². The van der Waals surface area contributed by atoms with Crippen LogP contribution in [-0.4, -0.2) is 0 Å². The molecule has 0 aliphatic heterocycles. The first kappa shape index (κ1) is 16.8. The molecule has 0 fully saturated rings. The van der Waals surface area contributed by atoms with Gasteiger partial charge in [0.1, 0.15) is 0 Å². The fraction of sp³-hybridized carbons (Fsp3) is 0.600. The highest BCUT2D eigenvalue weighted by Crippen LogP contribution is 2.19. The summed E-state index contributed by atoms with van der Waals surface area (Å²) in [6.07, 6.45) is 9.97. The Balaban J connectivity index is 0.000000302. The van der Waals surface area contributed by atoms with E-state index in [0.29, 0.717) is 10.0 Å². The minimum Gasteiger partial charge on any atom is -0.0827 e. The smallest absolute Gasteiger partial charge is 0.0592 e. The molecule has 0 amide bonds. The lowest BCUT2D eigenvalue weighted by atomic mass is 10.1. The number of halogens is 2. The van der Waals surface area contributed by atoms with Gasteiger partial charge in [-0.1, -0.05) is 94.1 Å². The van der Waals surface area contributed by atoms with Crippen LogP contribution >= 0.6 is 23.2 Å². The average Bonchev–Trinajstić information content (AvgIpc) is 2.34. The molecule has 0 bridgehead atoms. The molecule has 1 aromatic carbocycles. The van der Waals surface area contributed by atoms with Crippen molar-refractivity contribution in [1.29, 1.82) is 0 Å². The van der Waals surface area contributed by atoms with E-state index in [1.807, 2.05) is 12.1 Å². The number of benzene rings is 1. The van der Waals surface area contributed by atoms with Gasteiger partial charge in [-0.2, -0.15) is 0 Å². The normalized spacial score (nSPS) is 9.65. The molecular weight excluding hydrogens is 251 g/mol. The van der Waals surface area contributed by atoms with Gasteiger partial charge in [-0.3, -0.25) is 0 Å². The SMILES string of the molecule is CCCCCCCCC.Clc1ccccc1Cl. The van der Waals surface area contributed by atoms with Crippen molar-refractivity contribution in [3.63, 3.8) is 0 Å². The minimum atomic E-state index is 0.606. The second kappa shape index (κ2) is 12.3. The van der Waals surface area contributed by atoms with Crippen LogP contribution in [0.5, 0.6) is 0 Å². The summed E-state index contributed by atoms with van der Waals surface area (Å²) >= 11 is 11.2. The topological polar surface area (TPSA) is 0 Å². The van der Waals surface area contributed by atoms with Crippen molar-refractivity contribution in [3.8, 4) is 0 Å². The quantitative estimate of drug-likeness (QED) is 0.503. The van der Waals surface area contributed by atoms with Gasteiger partial charge < -0.3 is 0 Å². The number of unbranched alkanes of at least 4 members (excludes halogenated alkanes) is 6. The Morgan fingerprint density at radius 3 is 1.35 bits per heavy atom. The summed E-state index contributed by atoms with van der Waals surface area (Å²) in [5.41, 5.74) is 0. The third-order valence-corrected chi connectivity index (χ3v) is 3.29. The predicted octanol–water partition coefficient (Wildman–Crippen LogP) is 6.75. The van der Waals surface area contributed by atoms with Crippen molar-refractivity contribution < 1.29 is 0 Å². The first-order valence-corrected chi connectivity index (χ1v) is 7.38. The maximum atomic E-state index is 5.58. The van der Waals surface area contributed by atoms with Crippen LogP contribution in [0.1, 0.15) is 58.8 Å². The van der Waals surface area contributed by atoms with E-state index in [-0.39, 0.29) is 0 Å². The molecule has 2 heteroatoms. The summed E-state index contributed by atoms with van der Waals surface area (Å²) in [6.45, 7) is 4.53. The molecule has 0 spiro atoms. The Morgan fingerprint density at radius 1 is 0.706 bits per heavy atom. The molecule has 17 heavy (non-hydrogen) atoms. The Morgan fingerprint density at radius 2 is 1.06 bits per heavy atom. The highest BCUT2D eigenvalue weighted by Gasteiger charge is 1.89. The van der Waals surface area contributed by atoms with Crippen LogP contribution in [0.2, 0.25) is 10.0 Å². The van der Waals surface area contributed by atoms with E-state index >= 15 is 0 Å². The first-order chi connectivity index (χ1) is 8.22. The molecule has 98 valence electrons. The fourth-order valence-corrected chi connectivity index (χ4v) is 1.74. The molecule has 0 saturated carbocycles. The summed E-state index contributed by atoms with van der Waals surface area (Å²) in [5, 5.41) is 1.21. The van der Waals surface area contributed by atoms with Crippen molar-refractivity contribution >= 4 is 23.2 Å². The van der Waals surface area contributed by atoms with Crippen LogP contribution < -0.4 is 0 Å². The van der Waals surface area contributed by atoms with Crippen LogP contribution in [-0.2, 0) is 0 Å². The number of hydrogen-bond donors (Lipinski definition) is 0. The van der Waals surface area contributed by atoms with Crippen LogP contribution in [0.4, 0.5) is 0 Å². The molecular formula is C15H24Cl2. The summed E-state index contributed by atoms with van der Waals surface area (Å²) in [6, 6.07) is 7.19. The Hall–Kier alpha value is -0.200. The molecule has 0 saturated heterocycles. The van der Waals surface area contributed by atoms with Gasteiger partial charge in [0.15, 0.2) is 0 Å². The lowest BCUT2D eigenvalue weighted by Crippen LogP contribution is -1.76. The average molecular weight is 275 g/mol. The predicted molar refractivity (Wildman–Crippen MR) is 80.1 cm³/mol. The third kappa shape index (κ3) is 10.7. The molecule has 1 rings (SSSR count). The maximum Gasteiger partial charge on any atom is 0.0592 e. The third-order valence-electron chi connectivity index (χ3n) is 2.53. The van der Waals surface area contributed by atoms with Gasteiger partial charge in [-0.25, -0.2) is 0 Å². The highest BCUT2D eigenvalue weighted by atomic mass is 35.5. The monoisotopic (exact) mass is 274 g/mol. The fourth-order valence-electron chi connectivity index (χ4n) is 1.47. The van der Waals surface area contributed by atoms with Crippen molar-refractivity contribution in [2.75, 3.05) is 0 Å². The Kier molecular flexibility index (Phi) is 12.1. The summed E-state index contributed by atoms with van der Waals surface area (Å²) < 4.78 is 0. The van der Waals surface area contributed by atoms with Gasteiger partial charge in [-0.05, 0) is 12.1 Å². The first-order valence-electron chi connectivity index (χ1n) is 6.62. The number of hydrogen-bond acceptors (Lipinski definition) is 0. The van der Waals surface area contributed by atoms with Gasteiger partial charge in [0.2, 0.25) is 0 Å². The van der Waals surface area contributed by atoms with E-state index in [0.717, 1.165) is 0 Å². The van der Waals surface area contributed by atoms with E-state index in [4.69, 9.17) is 23.2 Å². The molecule has 0 aliphatic carbocycles. The summed E-state index contributed by atoms with van der Waals surface area (Å²) in [5.74, 6) is 0. The van der Waals surface area contributed by atoms with Crippen molar-refractivity contribution in [2.24, 2.45) is 0 Å². The van der Waals surface area contributed by atoms with Crippen molar-refractivity contribution in [3.05, 3.63) is 34.3 Å². The molecule has 0 aliphatic rings. The largest absolute Gasteiger partial charge is 0.0827 e. The molecule has 0 aromatic heterocycles. The standard InChI is InChI=1S/C9H20.C6H4Cl2/c1-3-5-7-9-8-6-4-2;7-5-3-1-2-4-6(5)8/h3-9H2,1-2H3;1-4H. The van der Waals surface area contributed by atoms with Gasteiger partial charge >= 0.3 is 0 Å². The van der Waals surface area contributed by atoms with E-state index < -0.39 is 0 Å². The van der Waals surface area contributed by atoms with E-state index in [2.05, 4.69) is 13.8 Å². The summed E-state index contributed by atoms with van der Waals surface area (Å²) in [4.78, 5) is 0. The van der Waals surface area contributed by atoms with E-state index in [1.165, 1.54) is 44.9 Å². The second-order valence-corrected chi connectivity index (χ2v) is 5.00.